The summed E-state index contributed by atoms with van der Waals surface area (Å²) in [6, 6.07) is 7.94. The van der Waals surface area contributed by atoms with Gasteiger partial charge in [0.2, 0.25) is 5.91 Å². The molecule has 2 aliphatic rings. The normalized spacial score (nSPS) is 18.7. The van der Waals surface area contributed by atoms with E-state index in [1.165, 1.54) is 6.42 Å². The number of anilines is 2. The number of benzene rings is 1. The van der Waals surface area contributed by atoms with E-state index in [-0.39, 0.29) is 5.91 Å². The number of fused-ring (bicyclic) bond motifs is 1. The summed E-state index contributed by atoms with van der Waals surface area (Å²) in [6.07, 6.45) is 3.50. The lowest BCUT2D eigenvalue weighted by atomic mass is 10.1. The molecule has 19 heavy (non-hydrogen) atoms. The molecule has 0 atom stereocenters. The van der Waals surface area contributed by atoms with Gasteiger partial charge in [0.1, 0.15) is 6.67 Å². The van der Waals surface area contributed by atoms with Gasteiger partial charge in [-0.15, -0.1) is 0 Å². The molecule has 0 saturated carbocycles. The predicted molar refractivity (Wildman–Crippen MR) is 77.4 cm³/mol. The van der Waals surface area contributed by atoms with Gasteiger partial charge in [-0.1, -0.05) is 12.1 Å². The highest BCUT2D eigenvalue weighted by Crippen LogP contribution is 2.36. The van der Waals surface area contributed by atoms with Crippen LogP contribution in [0, 0.1) is 0 Å². The third kappa shape index (κ3) is 2.50. The van der Waals surface area contributed by atoms with Gasteiger partial charge in [-0.3, -0.25) is 9.21 Å². The van der Waals surface area contributed by atoms with Crippen LogP contribution in [0.15, 0.2) is 24.3 Å². The quantitative estimate of drug-likeness (QED) is 0.778. The van der Waals surface area contributed by atoms with Crippen LogP contribution in [0.5, 0.6) is 0 Å². The molecule has 2 aliphatic heterocycles. The summed E-state index contributed by atoms with van der Waals surface area (Å²) < 4.78 is 1.67. The Bertz CT molecular complexity index is 474. The van der Waals surface area contributed by atoms with Crippen LogP contribution in [0.3, 0.4) is 0 Å². The summed E-state index contributed by atoms with van der Waals surface area (Å²) in [5.41, 5.74) is 2.03. The fraction of sp³-hybridized carbons (Fsp3) is 0.500. The Labute approximate surface area is 118 Å². The molecule has 1 aromatic rings. The van der Waals surface area contributed by atoms with Crippen molar-refractivity contribution in [2.45, 2.75) is 19.3 Å². The van der Waals surface area contributed by atoms with Gasteiger partial charge in [0.15, 0.2) is 0 Å². The molecular formula is C14H18ClN3O. The van der Waals surface area contributed by atoms with E-state index in [1.807, 2.05) is 34.1 Å². The van der Waals surface area contributed by atoms with Crippen LogP contribution in [0.1, 0.15) is 19.3 Å². The summed E-state index contributed by atoms with van der Waals surface area (Å²) in [4.78, 5) is 16.3. The number of hydrogen-bond acceptors (Lipinski definition) is 3. The van der Waals surface area contributed by atoms with Gasteiger partial charge < -0.3 is 9.80 Å². The Morgan fingerprint density at radius 1 is 1.11 bits per heavy atom. The van der Waals surface area contributed by atoms with Crippen molar-refractivity contribution in [2.24, 2.45) is 0 Å². The van der Waals surface area contributed by atoms with Gasteiger partial charge >= 0.3 is 0 Å². The third-order valence-corrected chi connectivity index (χ3v) is 4.10. The Kier molecular flexibility index (Phi) is 3.51. The van der Waals surface area contributed by atoms with Crippen LogP contribution in [-0.4, -0.2) is 37.1 Å². The summed E-state index contributed by atoms with van der Waals surface area (Å²) >= 11 is 6.17. The summed E-state index contributed by atoms with van der Waals surface area (Å²) in [6.45, 7) is 2.79. The van der Waals surface area contributed by atoms with E-state index >= 15 is 0 Å². The second-order valence-electron chi connectivity index (χ2n) is 5.13. The lowest BCUT2D eigenvalue weighted by molar-refractivity contribution is -0.130. The first-order chi connectivity index (χ1) is 9.25. The van der Waals surface area contributed by atoms with E-state index in [4.69, 9.17) is 11.8 Å². The smallest absolute Gasteiger partial charge is 0.242 e. The first-order valence-electron chi connectivity index (χ1n) is 6.81. The van der Waals surface area contributed by atoms with E-state index in [1.54, 1.807) is 4.42 Å². The molecule has 0 radical (unpaired) electrons. The molecule has 2 heterocycles. The first-order valence-corrected chi connectivity index (χ1v) is 7.14. The van der Waals surface area contributed by atoms with Gasteiger partial charge in [0.25, 0.3) is 0 Å². The molecule has 1 saturated heterocycles. The largest absolute Gasteiger partial charge is 0.342 e. The molecule has 1 aromatic carbocycles. The number of hydrogen-bond donors (Lipinski definition) is 0. The zero-order valence-corrected chi connectivity index (χ0v) is 11.6. The van der Waals surface area contributed by atoms with Crippen molar-refractivity contribution >= 4 is 29.1 Å². The van der Waals surface area contributed by atoms with Crippen LogP contribution in [0.25, 0.3) is 0 Å². The Morgan fingerprint density at radius 2 is 1.79 bits per heavy atom. The van der Waals surface area contributed by atoms with Crippen LogP contribution in [0.4, 0.5) is 11.4 Å². The van der Waals surface area contributed by atoms with Crippen LogP contribution < -0.4 is 9.32 Å². The lowest BCUT2D eigenvalue weighted by Crippen LogP contribution is -2.43. The molecule has 1 amide bonds. The number of likely N-dealkylation sites (tertiary alicyclic amines) is 1. The molecule has 3 rings (SSSR count). The first kappa shape index (κ1) is 12.6. The molecule has 4 nitrogen and oxygen atoms in total. The Balaban J connectivity index is 1.69. The van der Waals surface area contributed by atoms with E-state index in [9.17, 15) is 4.79 Å². The number of nitrogens with zero attached hydrogens (tertiary/aromatic N) is 3. The van der Waals surface area contributed by atoms with Crippen LogP contribution in [-0.2, 0) is 4.79 Å². The number of carbonyl (C=O) groups is 1. The highest BCUT2D eigenvalue weighted by atomic mass is 35.5. The molecule has 5 heteroatoms. The van der Waals surface area contributed by atoms with Crippen molar-refractivity contribution in [1.82, 2.24) is 4.90 Å². The van der Waals surface area contributed by atoms with Crippen LogP contribution in [0.2, 0.25) is 0 Å². The second kappa shape index (κ2) is 5.29. The maximum absolute atomic E-state index is 12.3. The van der Waals surface area contributed by atoms with Gasteiger partial charge in [-0.05, 0) is 31.4 Å². The van der Waals surface area contributed by atoms with E-state index in [0.29, 0.717) is 13.2 Å². The van der Waals surface area contributed by atoms with Gasteiger partial charge in [0, 0.05) is 24.9 Å². The minimum Gasteiger partial charge on any atom is -0.342 e. The standard InChI is InChI=1S/C14H18ClN3O/c15-18-11-17(12-6-2-3-7-13(12)18)10-14(19)16-8-4-1-5-9-16/h2-3,6-7H,1,4-5,8-11H2. The number of carbonyl (C=O) groups excluding carboxylic acids is 1. The average molecular weight is 280 g/mol. The van der Waals surface area contributed by atoms with Crippen molar-refractivity contribution in [3.05, 3.63) is 24.3 Å². The molecule has 0 unspecified atom stereocenters. The van der Waals surface area contributed by atoms with Crippen LogP contribution >= 0.6 is 11.8 Å². The monoisotopic (exact) mass is 279 g/mol. The molecule has 0 aliphatic carbocycles. The molecule has 102 valence electrons. The number of amides is 1. The zero-order valence-electron chi connectivity index (χ0n) is 10.9. The molecular weight excluding hydrogens is 262 g/mol. The van der Waals surface area contributed by atoms with Crippen molar-refractivity contribution in [2.75, 3.05) is 35.6 Å². The molecule has 0 aromatic heterocycles. The molecule has 0 spiro atoms. The lowest BCUT2D eigenvalue weighted by Gasteiger charge is -2.29. The van der Waals surface area contributed by atoms with Gasteiger partial charge in [-0.2, -0.15) is 0 Å². The third-order valence-electron chi connectivity index (χ3n) is 3.81. The fourth-order valence-electron chi connectivity index (χ4n) is 2.78. The SMILES string of the molecule is O=C(CN1CN(Cl)c2ccccc21)N1CCCCC1. The summed E-state index contributed by atoms with van der Waals surface area (Å²) in [7, 11) is 0. The number of halogens is 1. The average Bonchev–Trinajstić information content (AvgIpc) is 2.77. The molecule has 0 N–H and O–H groups in total. The predicted octanol–water partition coefficient (Wildman–Crippen LogP) is 2.44. The topological polar surface area (TPSA) is 26.8 Å². The summed E-state index contributed by atoms with van der Waals surface area (Å²) in [5, 5.41) is 0. The van der Waals surface area contributed by atoms with Gasteiger partial charge in [0.05, 0.1) is 17.9 Å². The number of rotatable bonds is 2. The van der Waals surface area contributed by atoms with E-state index < -0.39 is 0 Å². The van der Waals surface area contributed by atoms with Crippen molar-refractivity contribution in [1.29, 1.82) is 0 Å². The number of para-hydroxylation sites is 2. The Morgan fingerprint density at radius 3 is 2.53 bits per heavy atom. The highest BCUT2D eigenvalue weighted by molar-refractivity contribution is 6.27. The maximum atomic E-state index is 12.3. The molecule has 1 fully saturated rings. The fourth-order valence-corrected chi connectivity index (χ4v) is 3.05. The van der Waals surface area contributed by atoms with E-state index in [2.05, 4.69) is 0 Å². The van der Waals surface area contributed by atoms with Crippen molar-refractivity contribution in [3.8, 4) is 0 Å². The van der Waals surface area contributed by atoms with Crippen molar-refractivity contribution in [3.63, 3.8) is 0 Å². The number of piperidine rings is 1. The van der Waals surface area contributed by atoms with Crippen molar-refractivity contribution < 1.29 is 4.79 Å². The summed E-state index contributed by atoms with van der Waals surface area (Å²) in [5.74, 6) is 0.210. The van der Waals surface area contributed by atoms with E-state index in [0.717, 1.165) is 37.3 Å². The minimum absolute atomic E-state index is 0.210. The Hall–Kier alpha value is -1.42. The molecule has 0 bridgehead atoms. The second-order valence-corrected chi connectivity index (χ2v) is 5.54. The highest BCUT2D eigenvalue weighted by Gasteiger charge is 2.27. The maximum Gasteiger partial charge on any atom is 0.242 e. The van der Waals surface area contributed by atoms with Gasteiger partial charge in [-0.25, -0.2) is 0 Å². The minimum atomic E-state index is 0.210. The zero-order chi connectivity index (χ0) is 13.2.